The second kappa shape index (κ2) is 14.5. The summed E-state index contributed by atoms with van der Waals surface area (Å²) in [6.07, 6.45) is 3.87. The number of methoxy groups -OCH3 is 1. The quantitative estimate of drug-likeness (QED) is 0.145. The van der Waals surface area contributed by atoms with Crippen LogP contribution in [0.3, 0.4) is 0 Å². The topological polar surface area (TPSA) is 67.6 Å². The molecule has 0 fully saturated rings. The van der Waals surface area contributed by atoms with E-state index in [1.165, 1.54) is 5.56 Å². The maximum atomic E-state index is 5.24. The number of benzene rings is 1. The first-order valence-electron chi connectivity index (χ1n) is 10.6. The molecule has 0 saturated carbocycles. The van der Waals surface area contributed by atoms with Gasteiger partial charge in [0.1, 0.15) is 11.6 Å². The minimum atomic E-state index is 0. The second-order valence-corrected chi connectivity index (χ2v) is 8.42. The molecule has 0 unspecified atom stereocenters. The Morgan fingerprint density at radius 3 is 2.55 bits per heavy atom. The lowest BCUT2D eigenvalue weighted by molar-refractivity contribution is 0.414. The Bertz CT molecular complexity index is 794. The molecule has 0 atom stereocenters. The molecule has 0 spiro atoms. The van der Waals surface area contributed by atoms with Crippen molar-refractivity contribution in [2.24, 2.45) is 10.9 Å². The number of guanidine groups is 1. The summed E-state index contributed by atoms with van der Waals surface area (Å²) in [6.45, 7) is 9.86. The average molecular weight is 561 g/mol. The first-order valence-corrected chi connectivity index (χ1v) is 11.8. The Morgan fingerprint density at radius 2 is 1.97 bits per heavy atom. The third-order valence-corrected chi connectivity index (χ3v) is 5.29. The molecule has 1 N–H and O–H groups in total. The second-order valence-electron chi connectivity index (χ2n) is 7.65. The highest BCUT2D eigenvalue weighted by molar-refractivity contribution is 14.0. The van der Waals surface area contributed by atoms with Gasteiger partial charge >= 0.3 is 0 Å². The molecule has 9 heteroatoms. The number of thioether (sulfide) groups is 1. The molecule has 0 radical (unpaired) electrons. The number of ether oxygens (including phenoxy) is 1. The molecule has 0 bridgehead atoms. The summed E-state index contributed by atoms with van der Waals surface area (Å²) in [5, 5.41) is 13.1. The van der Waals surface area contributed by atoms with Crippen LogP contribution in [0.1, 0.15) is 38.6 Å². The summed E-state index contributed by atoms with van der Waals surface area (Å²) < 4.78 is 7.49. The van der Waals surface area contributed by atoms with Crippen LogP contribution in [0.25, 0.3) is 0 Å². The van der Waals surface area contributed by atoms with Gasteiger partial charge in [0.2, 0.25) is 0 Å². The van der Waals surface area contributed by atoms with Gasteiger partial charge in [-0.15, -0.1) is 34.2 Å². The molecule has 0 aliphatic heterocycles. The van der Waals surface area contributed by atoms with Gasteiger partial charge in [0.25, 0.3) is 0 Å². The number of hydrogen-bond acceptors (Lipinski definition) is 5. The van der Waals surface area contributed by atoms with Gasteiger partial charge < -0.3 is 19.5 Å². The Labute approximate surface area is 208 Å². The molecule has 0 aliphatic carbocycles. The van der Waals surface area contributed by atoms with Crippen molar-refractivity contribution in [1.29, 1.82) is 0 Å². The van der Waals surface area contributed by atoms with Gasteiger partial charge in [-0.1, -0.05) is 37.7 Å². The summed E-state index contributed by atoms with van der Waals surface area (Å²) in [7, 11) is 3.75. The normalized spacial score (nSPS) is 11.4. The highest BCUT2D eigenvalue weighted by atomic mass is 127. The lowest BCUT2D eigenvalue weighted by Crippen LogP contribution is -2.38. The fraction of sp³-hybridized carbons (Fsp3) is 0.591. The van der Waals surface area contributed by atoms with Gasteiger partial charge in [-0.25, -0.2) is 0 Å². The molecule has 2 aromatic rings. The minimum Gasteiger partial charge on any atom is -0.497 e. The number of aromatic nitrogens is 3. The number of rotatable bonds is 11. The highest BCUT2D eigenvalue weighted by Gasteiger charge is 2.12. The van der Waals surface area contributed by atoms with Crippen LogP contribution in [0.5, 0.6) is 5.75 Å². The van der Waals surface area contributed by atoms with Crippen molar-refractivity contribution < 1.29 is 4.74 Å². The van der Waals surface area contributed by atoms with E-state index in [9.17, 15) is 0 Å². The molecule has 1 aromatic heterocycles. The predicted molar refractivity (Wildman–Crippen MR) is 141 cm³/mol. The smallest absolute Gasteiger partial charge is 0.193 e. The van der Waals surface area contributed by atoms with Gasteiger partial charge in [0.05, 0.1) is 7.11 Å². The molecule has 1 heterocycles. The van der Waals surface area contributed by atoms with Gasteiger partial charge in [-0.3, -0.25) is 4.99 Å². The zero-order valence-corrected chi connectivity index (χ0v) is 22.7. The fourth-order valence-corrected chi connectivity index (χ4v) is 3.70. The molecule has 0 saturated heterocycles. The maximum absolute atomic E-state index is 5.24. The summed E-state index contributed by atoms with van der Waals surface area (Å²) >= 11 is 1.65. The molecule has 0 aliphatic rings. The molecule has 31 heavy (non-hydrogen) atoms. The van der Waals surface area contributed by atoms with E-state index >= 15 is 0 Å². The van der Waals surface area contributed by atoms with Gasteiger partial charge in [-0.2, -0.15) is 0 Å². The van der Waals surface area contributed by atoms with Crippen molar-refractivity contribution in [2.75, 3.05) is 33.5 Å². The number of nitrogens with zero attached hydrogens (tertiary/aromatic N) is 5. The van der Waals surface area contributed by atoms with E-state index in [1.807, 2.05) is 12.1 Å². The molecule has 1 aromatic carbocycles. The summed E-state index contributed by atoms with van der Waals surface area (Å²) in [6, 6.07) is 8.15. The minimum absolute atomic E-state index is 0. The first-order chi connectivity index (χ1) is 14.5. The van der Waals surface area contributed by atoms with Crippen molar-refractivity contribution >= 4 is 41.7 Å². The van der Waals surface area contributed by atoms with E-state index in [-0.39, 0.29) is 24.0 Å². The molecular weight excluding hydrogens is 523 g/mol. The van der Waals surface area contributed by atoms with Crippen molar-refractivity contribution in [3.05, 3.63) is 35.7 Å². The molecule has 0 amide bonds. The molecule has 7 nitrogen and oxygen atoms in total. The third-order valence-electron chi connectivity index (χ3n) is 4.62. The third kappa shape index (κ3) is 8.88. The van der Waals surface area contributed by atoms with E-state index in [4.69, 9.17) is 9.73 Å². The van der Waals surface area contributed by atoms with Gasteiger partial charge in [0.15, 0.2) is 11.1 Å². The number of halogens is 1. The Morgan fingerprint density at radius 1 is 1.26 bits per heavy atom. The van der Waals surface area contributed by atoms with E-state index in [2.05, 4.69) is 71.2 Å². The largest absolute Gasteiger partial charge is 0.497 e. The Kier molecular flexibility index (Phi) is 12.9. The first kappa shape index (κ1) is 27.5. The van der Waals surface area contributed by atoms with E-state index in [0.29, 0.717) is 5.92 Å². The van der Waals surface area contributed by atoms with Gasteiger partial charge in [0, 0.05) is 39.6 Å². The highest BCUT2D eigenvalue weighted by Crippen LogP contribution is 2.17. The molecular formula is C22H37IN6OS. The fourth-order valence-electron chi connectivity index (χ4n) is 3.17. The van der Waals surface area contributed by atoms with Crippen molar-refractivity contribution in [1.82, 2.24) is 25.0 Å². The number of hydrogen-bond donors (Lipinski definition) is 1. The lowest BCUT2D eigenvalue weighted by atomic mass is 10.2. The molecule has 2 rings (SSSR count). The average Bonchev–Trinajstić information content (AvgIpc) is 3.11. The predicted octanol–water partition coefficient (Wildman–Crippen LogP) is 4.31. The van der Waals surface area contributed by atoms with Crippen LogP contribution in [0, 0.1) is 5.92 Å². The standard InChI is InChI=1S/C22H36N6OS.HI/c1-7-23-21(27(4)16-18-10-12-19(29-5)13-11-18)24-14-8-9-20-25-26-22(30-6)28(20)15-17(2)3;/h10-13,17H,7-9,14-16H2,1-6H3,(H,23,24);1H. The van der Waals surface area contributed by atoms with Crippen molar-refractivity contribution in [2.45, 2.75) is 51.9 Å². The molecule has 174 valence electrons. The summed E-state index contributed by atoms with van der Waals surface area (Å²) in [5.41, 5.74) is 1.22. The van der Waals surface area contributed by atoms with Crippen LogP contribution in [0.2, 0.25) is 0 Å². The number of aliphatic imine (C=N–C) groups is 1. The van der Waals surface area contributed by atoms with Crippen LogP contribution in [-0.2, 0) is 19.5 Å². The Hall–Kier alpha value is -1.49. The van der Waals surface area contributed by atoms with Crippen LogP contribution >= 0.6 is 35.7 Å². The zero-order chi connectivity index (χ0) is 21.9. The summed E-state index contributed by atoms with van der Waals surface area (Å²) in [4.78, 5) is 6.97. The lowest BCUT2D eigenvalue weighted by Gasteiger charge is -2.22. The SMILES string of the molecule is CCNC(=NCCCc1nnc(SC)n1CC(C)C)N(C)Cc1ccc(OC)cc1.I. The van der Waals surface area contributed by atoms with E-state index < -0.39 is 0 Å². The zero-order valence-electron chi connectivity index (χ0n) is 19.6. The van der Waals surface area contributed by atoms with E-state index in [0.717, 1.165) is 61.7 Å². The number of nitrogens with one attached hydrogen (secondary N) is 1. The monoisotopic (exact) mass is 560 g/mol. The van der Waals surface area contributed by atoms with Crippen molar-refractivity contribution in [3.8, 4) is 5.75 Å². The van der Waals surface area contributed by atoms with Crippen LogP contribution < -0.4 is 10.1 Å². The number of aryl methyl sites for hydroxylation is 1. The summed E-state index contributed by atoms with van der Waals surface area (Å²) in [5.74, 6) is 3.41. The van der Waals surface area contributed by atoms with Crippen LogP contribution in [-0.4, -0.2) is 59.1 Å². The van der Waals surface area contributed by atoms with E-state index in [1.54, 1.807) is 18.9 Å². The van der Waals surface area contributed by atoms with Crippen LogP contribution in [0.15, 0.2) is 34.4 Å². The Balaban J connectivity index is 0.00000480. The van der Waals surface area contributed by atoms with Gasteiger partial charge in [-0.05, 0) is 43.2 Å². The maximum Gasteiger partial charge on any atom is 0.193 e. The van der Waals surface area contributed by atoms with Crippen molar-refractivity contribution in [3.63, 3.8) is 0 Å². The van der Waals surface area contributed by atoms with Crippen LogP contribution in [0.4, 0.5) is 0 Å².